The molecule has 0 unspecified atom stereocenters. The van der Waals surface area contributed by atoms with E-state index in [1.165, 1.54) is 10.5 Å². The number of rotatable bonds is 5. The molecule has 2 N–H and O–H groups in total. The van der Waals surface area contributed by atoms with Crippen LogP contribution in [0, 0.1) is 17.5 Å². The first-order valence-corrected chi connectivity index (χ1v) is 10.7. The van der Waals surface area contributed by atoms with Crippen molar-refractivity contribution in [2.45, 2.75) is 45.1 Å². The highest BCUT2D eigenvalue weighted by atomic mass is 19.4. The normalized spacial score (nSPS) is 13.2. The van der Waals surface area contributed by atoms with Crippen LogP contribution < -0.4 is 5.73 Å². The molecule has 188 valence electrons. The minimum absolute atomic E-state index is 0.0152. The number of nitrogens with two attached hydrogens (primary N) is 1. The Morgan fingerprint density at radius 1 is 0.971 bits per heavy atom. The van der Waals surface area contributed by atoms with E-state index in [0.29, 0.717) is 12.6 Å². The molecule has 0 bridgehead atoms. The smallest absolute Gasteiger partial charge is 0.333 e. The average Bonchev–Trinajstić information content (AvgIpc) is 3.27. The predicted molar refractivity (Wildman–Crippen MR) is 114 cm³/mol. The molecular formula is C23H23F6N5O. The number of aromatic nitrogens is 3. The van der Waals surface area contributed by atoms with Crippen LogP contribution in [0.4, 0.5) is 26.3 Å². The van der Waals surface area contributed by atoms with Gasteiger partial charge in [0.25, 0.3) is 0 Å². The van der Waals surface area contributed by atoms with Gasteiger partial charge in [-0.3, -0.25) is 4.79 Å². The van der Waals surface area contributed by atoms with E-state index in [1.54, 1.807) is 0 Å². The fraction of sp³-hybridized carbons (Fsp3) is 0.348. The average molecular weight is 499 g/mol. The molecule has 1 aliphatic rings. The minimum atomic E-state index is -4.62. The number of hydrogen-bond acceptors (Lipinski definition) is 4. The number of carbonyl (C=O) groups excluding carboxylic acids is 1. The summed E-state index contributed by atoms with van der Waals surface area (Å²) in [5, 5.41) is 6.62. The van der Waals surface area contributed by atoms with Gasteiger partial charge in [0.2, 0.25) is 11.7 Å². The SMILES string of the molecule is NCc1ccccc1.O=C(CCCc1cc(F)c(F)cc1F)N1CCn2c(nnc2C(F)(F)F)C1. The zero-order chi connectivity index (χ0) is 25.6. The van der Waals surface area contributed by atoms with Crippen molar-refractivity contribution in [3.05, 3.63) is 82.7 Å². The number of nitrogens with zero attached hydrogens (tertiary/aromatic N) is 4. The van der Waals surface area contributed by atoms with Gasteiger partial charge in [0.05, 0.1) is 6.54 Å². The Morgan fingerprint density at radius 3 is 2.29 bits per heavy atom. The van der Waals surface area contributed by atoms with Crippen molar-refractivity contribution in [1.29, 1.82) is 0 Å². The molecule has 0 fully saturated rings. The Balaban J connectivity index is 0.000000363. The predicted octanol–water partition coefficient (Wildman–Crippen LogP) is 4.22. The van der Waals surface area contributed by atoms with Crippen LogP contribution in [-0.4, -0.2) is 32.1 Å². The second kappa shape index (κ2) is 11.3. The Hall–Kier alpha value is -3.41. The van der Waals surface area contributed by atoms with Crippen LogP contribution >= 0.6 is 0 Å². The molecule has 2 heterocycles. The first kappa shape index (κ1) is 26.2. The highest BCUT2D eigenvalue weighted by molar-refractivity contribution is 5.76. The maximum absolute atomic E-state index is 13.6. The largest absolute Gasteiger partial charge is 0.451 e. The summed E-state index contributed by atoms with van der Waals surface area (Å²) < 4.78 is 78.9. The standard InChI is InChI=1S/C16H14F6N4O.C7H9N/c17-10-7-12(19)11(18)6-9(10)2-1-3-14(27)25-4-5-26-13(8-25)23-24-15(26)16(20,21)22;8-6-7-4-2-1-3-5-7/h6-7H,1-5,8H2;1-5H,6,8H2. The zero-order valence-corrected chi connectivity index (χ0v) is 18.5. The molecule has 2 aromatic carbocycles. The first-order valence-electron chi connectivity index (χ1n) is 10.7. The van der Waals surface area contributed by atoms with Crippen LogP contribution in [0.3, 0.4) is 0 Å². The van der Waals surface area contributed by atoms with Gasteiger partial charge in [-0.15, -0.1) is 10.2 Å². The lowest BCUT2D eigenvalue weighted by Crippen LogP contribution is -2.39. The van der Waals surface area contributed by atoms with Crippen molar-refractivity contribution in [2.75, 3.05) is 6.54 Å². The summed E-state index contributed by atoms with van der Waals surface area (Å²) in [4.78, 5) is 13.6. The summed E-state index contributed by atoms with van der Waals surface area (Å²) in [5.41, 5.74) is 6.49. The lowest BCUT2D eigenvalue weighted by molar-refractivity contribution is -0.148. The summed E-state index contributed by atoms with van der Waals surface area (Å²) in [6.07, 6.45) is -4.43. The van der Waals surface area contributed by atoms with Gasteiger partial charge in [-0.25, -0.2) is 13.2 Å². The van der Waals surface area contributed by atoms with Crippen LogP contribution in [0.5, 0.6) is 0 Å². The third-order valence-electron chi connectivity index (χ3n) is 5.36. The molecule has 0 atom stereocenters. The molecule has 12 heteroatoms. The molecule has 1 amide bonds. The second-order valence-corrected chi connectivity index (χ2v) is 7.81. The molecule has 4 rings (SSSR count). The lowest BCUT2D eigenvalue weighted by atomic mass is 10.1. The molecule has 0 aliphatic carbocycles. The van der Waals surface area contributed by atoms with Crippen LogP contribution in [0.25, 0.3) is 0 Å². The molecule has 1 aromatic heterocycles. The Morgan fingerprint density at radius 2 is 1.66 bits per heavy atom. The summed E-state index contributed by atoms with van der Waals surface area (Å²) in [6.45, 7) is 0.509. The number of aryl methyl sites for hydroxylation is 1. The lowest BCUT2D eigenvalue weighted by Gasteiger charge is -2.28. The zero-order valence-electron chi connectivity index (χ0n) is 18.5. The number of hydrogen-bond donors (Lipinski definition) is 1. The van der Waals surface area contributed by atoms with Crippen molar-refractivity contribution in [2.24, 2.45) is 5.73 Å². The van der Waals surface area contributed by atoms with E-state index in [2.05, 4.69) is 10.2 Å². The number of alkyl halides is 3. The van der Waals surface area contributed by atoms with E-state index in [1.807, 2.05) is 30.3 Å². The maximum Gasteiger partial charge on any atom is 0.451 e. The van der Waals surface area contributed by atoms with Crippen LogP contribution in [0.2, 0.25) is 0 Å². The van der Waals surface area contributed by atoms with E-state index in [4.69, 9.17) is 5.73 Å². The van der Waals surface area contributed by atoms with Gasteiger partial charge in [0, 0.05) is 32.1 Å². The number of amides is 1. The van der Waals surface area contributed by atoms with E-state index in [0.717, 1.165) is 10.6 Å². The Bertz CT molecular complexity index is 1150. The second-order valence-electron chi connectivity index (χ2n) is 7.81. The van der Waals surface area contributed by atoms with Crippen molar-refractivity contribution in [1.82, 2.24) is 19.7 Å². The maximum atomic E-state index is 13.6. The summed E-state index contributed by atoms with van der Waals surface area (Å²) in [6, 6.07) is 11.2. The first-order chi connectivity index (χ1) is 16.6. The fourth-order valence-corrected chi connectivity index (χ4v) is 3.54. The molecule has 0 saturated heterocycles. The van der Waals surface area contributed by atoms with E-state index in [-0.39, 0.29) is 56.2 Å². The molecule has 35 heavy (non-hydrogen) atoms. The molecule has 6 nitrogen and oxygen atoms in total. The van der Waals surface area contributed by atoms with Gasteiger partial charge in [0.1, 0.15) is 5.82 Å². The van der Waals surface area contributed by atoms with Crippen LogP contribution in [0.1, 0.15) is 35.6 Å². The molecule has 1 aliphatic heterocycles. The summed E-state index contributed by atoms with van der Waals surface area (Å²) in [5.74, 6) is -4.77. The highest BCUT2D eigenvalue weighted by Crippen LogP contribution is 2.29. The van der Waals surface area contributed by atoms with E-state index in [9.17, 15) is 31.1 Å². The van der Waals surface area contributed by atoms with Gasteiger partial charge in [-0.1, -0.05) is 30.3 Å². The molecular weight excluding hydrogens is 476 g/mol. The van der Waals surface area contributed by atoms with E-state index >= 15 is 0 Å². The van der Waals surface area contributed by atoms with Gasteiger partial charge < -0.3 is 15.2 Å². The molecule has 0 radical (unpaired) electrons. The summed E-state index contributed by atoms with van der Waals surface area (Å²) >= 11 is 0. The monoisotopic (exact) mass is 499 g/mol. The van der Waals surface area contributed by atoms with Gasteiger partial charge in [-0.05, 0) is 30.0 Å². The van der Waals surface area contributed by atoms with Crippen molar-refractivity contribution in [3.63, 3.8) is 0 Å². The molecule has 0 saturated carbocycles. The highest BCUT2D eigenvalue weighted by Gasteiger charge is 2.39. The van der Waals surface area contributed by atoms with Crippen molar-refractivity contribution in [3.8, 4) is 0 Å². The molecule has 0 spiro atoms. The van der Waals surface area contributed by atoms with Gasteiger partial charge in [-0.2, -0.15) is 13.2 Å². The van der Waals surface area contributed by atoms with Crippen LogP contribution in [0.15, 0.2) is 42.5 Å². The quantitative estimate of drug-likeness (QED) is 0.421. The van der Waals surface area contributed by atoms with Gasteiger partial charge >= 0.3 is 6.18 Å². The number of halogens is 6. The number of carbonyl (C=O) groups is 1. The third-order valence-corrected chi connectivity index (χ3v) is 5.36. The topological polar surface area (TPSA) is 77.0 Å². The molecule has 3 aromatic rings. The van der Waals surface area contributed by atoms with Crippen LogP contribution in [-0.2, 0) is 37.0 Å². The summed E-state index contributed by atoms with van der Waals surface area (Å²) in [7, 11) is 0. The van der Waals surface area contributed by atoms with E-state index < -0.39 is 29.5 Å². The minimum Gasteiger partial charge on any atom is -0.333 e. The van der Waals surface area contributed by atoms with Crippen molar-refractivity contribution >= 4 is 5.91 Å². The Labute approximate surface area is 197 Å². The van der Waals surface area contributed by atoms with Crippen molar-refractivity contribution < 1.29 is 31.1 Å². The third kappa shape index (κ3) is 6.81. The fourth-order valence-electron chi connectivity index (χ4n) is 3.54. The number of benzene rings is 2. The number of fused-ring (bicyclic) bond motifs is 1. The Kier molecular flexibility index (Phi) is 8.49. The van der Waals surface area contributed by atoms with Gasteiger partial charge in [0.15, 0.2) is 17.5 Å².